The highest BCUT2D eigenvalue weighted by Crippen LogP contribution is 2.24. The Bertz CT molecular complexity index is 814. The Balaban J connectivity index is 1.93. The third-order valence-electron chi connectivity index (χ3n) is 3.56. The summed E-state index contributed by atoms with van der Waals surface area (Å²) in [6.07, 6.45) is 3.39. The fraction of sp³-hybridized carbons (Fsp3) is 0.167. The molecule has 0 unspecified atom stereocenters. The lowest BCUT2D eigenvalue weighted by atomic mass is 10.1. The van der Waals surface area contributed by atoms with Gasteiger partial charge in [0.15, 0.2) is 0 Å². The number of nitrogens with zero attached hydrogens (tertiary/aromatic N) is 3. The molecular formula is C18H17N3OS. The van der Waals surface area contributed by atoms with Crippen LogP contribution in [0.25, 0.3) is 11.3 Å². The zero-order chi connectivity index (χ0) is 16.2. The van der Waals surface area contributed by atoms with Gasteiger partial charge in [0.25, 0.3) is 5.91 Å². The van der Waals surface area contributed by atoms with Crippen molar-refractivity contribution in [3.63, 3.8) is 0 Å². The molecule has 0 aliphatic rings. The summed E-state index contributed by atoms with van der Waals surface area (Å²) in [7, 11) is 0. The number of carbonyl (C=O) groups is 1. The molecule has 4 nitrogen and oxygen atoms in total. The quantitative estimate of drug-likeness (QED) is 0.723. The van der Waals surface area contributed by atoms with Crippen molar-refractivity contribution in [3.8, 4) is 11.3 Å². The van der Waals surface area contributed by atoms with Crippen molar-refractivity contribution in [2.45, 2.75) is 13.8 Å². The summed E-state index contributed by atoms with van der Waals surface area (Å²) in [4.78, 5) is 23.1. The van der Waals surface area contributed by atoms with Gasteiger partial charge in [-0.1, -0.05) is 12.1 Å². The molecule has 0 N–H and O–H groups in total. The SMILES string of the molecule is CCN(C(=O)c1cccc(-c2csc(C)n2)c1)c1ccncc1. The van der Waals surface area contributed by atoms with Crippen LogP contribution in [-0.4, -0.2) is 22.4 Å². The van der Waals surface area contributed by atoms with E-state index in [9.17, 15) is 4.79 Å². The largest absolute Gasteiger partial charge is 0.309 e. The molecule has 2 heterocycles. The lowest BCUT2D eigenvalue weighted by molar-refractivity contribution is 0.0988. The zero-order valence-electron chi connectivity index (χ0n) is 13.1. The van der Waals surface area contributed by atoms with E-state index in [1.165, 1.54) is 0 Å². The molecule has 0 fully saturated rings. The number of pyridine rings is 1. The number of aromatic nitrogens is 2. The van der Waals surface area contributed by atoms with Crippen LogP contribution in [0.2, 0.25) is 0 Å². The van der Waals surface area contributed by atoms with E-state index in [1.54, 1.807) is 28.6 Å². The molecule has 23 heavy (non-hydrogen) atoms. The summed E-state index contributed by atoms with van der Waals surface area (Å²) >= 11 is 1.61. The molecule has 5 heteroatoms. The predicted molar refractivity (Wildman–Crippen MR) is 93.9 cm³/mol. The van der Waals surface area contributed by atoms with Crippen LogP contribution in [-0.2, 0) is 0 Å². The van der Waals surface area contributed by atoms with Crippen LogP contribution in [0.3, 0.4) is 0 Å². The molecule has 3 aromatic rings. The fourth-order valence-electron chi connectivity index (χ4n) is 2.43. The molecule has 0 saturated heterocycles. The number of hydrogen-bond acceptors (Lipinski definition) is 4. The van der Waals surface area contributed by atoms with Crippen LogP contribution < -0.4 is 4.90 Å². The summed E-state index contributed by atoms with van der Waals surface area (Å²) in [5.41, 5.74) is 3.38. The minimum absolute atomic E-state index is 0.0208. The first-order valence-corrected chi connectivity index (χ1v) is 8.31. The van der Waals surface area contributed by atoms with E-state index >= 15 is 0 Å². The van der Waals surface area contributed by atoms with Gasteiger partial charge in [0.05, 0.1) is 10.7 Å². The summed E-state index contributed by atoms with van der Waals surface area (Å²) in [5, 5.41) is 3.03. The lowest BCUT2D eigenvalue weighted by Crippen LogP contribution is -2.30. The summed E-state index contributed by atoms with van der Waals surface area (Å²) in [5.74, 6) is -0.0208. The van der Waals surface area contributed by atoms with Gasteiger partial charge in [0, 0.05) is 41.1 Å². The van der Waals surface area contributed by atoms with Gasteiger partial charge in [-0.05, 0) is 38.1 Å². The van der Waals surface area contributed by atoms with E-state index < -0.39 is 0 Å². The van der Waals surface area contributed by atoms with E-state index in [2.05, 4.69) is 9.97 Å². The topological polar surface area (TPSA) is 46.1 Å². The first kappa shape index (κ1) is 15.4. The first-order chi connectivity index (χ1) is 11.2. The van der Waals surface area contributed by atoms with Crippen LogP contribution in [0.1, 0.15) is 22.3 Å². The maximum atomic E-state index is 12.9. The van der Waals surface area contributed by atoms with Gasteiger partial charge in [0.1, 0.15) is 0 Å². The van der Waals surface area contributed by atoms with Gasteiger partial charge in [-0.15, -0.1) is 11.3 Å². The molecule has 0 saturated carbocycles. The molecule has 2 aromatic heterocycles. The van der Waals surface area contributed by atoms with Gasteiger partial charge in [-0.25, -0.2) is 4.98 Å². The maximum absolute atomic E-state index is 12.9. The molecule has 0 aliphatic carbocycles. The number of anilines is 1. The Morgan fingerprint density at radius 2 is 2.00 bits per heavy atom. The molecule has 116 valence electrons. The standard InChI is InChI=1S/C18H17N3OS/c1-3-21(16-7-9-19-10-8-16)18(22)15-6-4-5-14(11-15)17-12-23-13(2)20-17/h4-12H,3H2,1-2H3. The number of carbonyl (C=O) groups excluding carboxylic acids is 1. The highest BCUT2D eigenvalue weighted by atomic mass is 32.1. The molecule has 0 aliphatic heterocycles. The maximum Gasteiger partial charge on any atom is 0.258 e. The second kappa shape index (κ2) is 6.71. The monoisotopic (exact) mass is 323 g/mol. The molecule has 0 bridgehead atoms. The van der Waals surface area contributed by atoms with Crippen molar-refractivity contribution in [2.75, 3.05) is 11.4 Å². The summed E-state index contributed by atoms with van der Waals surface area (Å²) < 4.78 is 0. The number of benzene rings is 1. The van der Waals surface area contributed by atoms with Crippen molar-refractivity contribution < 1.29 is 4.79 Å². The van der Waals surface area contributed by atoms with Crippen molar-refractivity contribution in [1.82, 2.24) is 9.97 Å². The lowest BCUT2D eigenvalue weighted by Gasteiger charge is -2.21. The zero-order valence-corrected chi connectivity index (χ0v) is 13.9. The number of amides is 1. The molecule has 0 radical (unpaired) electrons. The second-order valence-electron chi connectivity index (χ2n) is 5.09. The highest BCUT2D eigenvalue weighted by molar-refractivity contribution is 7.09. The Morgan fingerprint density at radius 3 is 2.65 bits per heavy atom. The van der Waals surface area contributed by atoms with Crippen molar-refractivity contribution in [3.05, 3.63) is 64.7 Å². The van der Waals surface area contributed by atoms with Gasteiger partial charge in [-0.2, -0.15) is 0 Å². The van der Waals surface area contributed by atoms with Gasteiger partial charge in [0.2, 0.25) is 0 Å². The van der Waals surface area contributed by atoms with Gasteiger partial charge in [-0.3, -0.25) is 9.78 Å². The molecule has 1 aromatic carbocycles. The van der Waals surface area contributed by atoms with Crippen molar-refractivity contribution >= 4 is 22.9 Å². The smallest absolute Gasteiger partial charge is 0.258 e. The Kier molecular flexibility index (Phi) is 4.48. The van der Waals surface area contributed by atoms with Crippen LogP contribution in [0.5, 0.6) is 0 Å². The Hall–Kier alpha value is -2.53. The van der Waals surface area contributed by atoms with Crippen LogP contribution in [0.15, 0.2) is 54.2 Å². The van der Waals surface area contributed by atoms with Crippen LogP contribution in [0, 0.1) is 6.92 Å². The van der Waals surface area contributed by atoms with Crippen LogP contribution in [0.4, 0.5) is 5.69 Å². The number of thiazole rings is 1. The van der Waals surface area contributed by atoms with E-state index in [0.717, 1.165) is 22.0 Å². The second-order valence-corrected chi connectivity index (χ2v) is 6.15. The minimum Gasteiger partial charge on any atom is -0.309 e. The molecular weight excluding hydrogens is 306 g/mol. The average molecular weight is 323 g/mol. The molecule has 0 atom stereocenters. The number of aryl methyl sites for hydroxylation is 1. The minimum atomic E-state index is -0.0208. The number of hydrogen-bond donors (Lipinski definition) is 0. The predicted octanol–water partition coefficient (Wildman–Crippen LogP) is 4.18. The molecule has 0 spiro atoms. The van der Waals surface area contributed by atoms with Crippen molar-refractivity contribution in [1.29, 1.82) is 0 Å². The Labute approximate surface area is 139 Å². The normalized spacial score (nSPS) is 10.5. The summed E-state index contributed by atoms with van der Waals surface area (Å²) in [6.45, 7) is 4.54. The highest BCUT2D eigenvalue weighted by Gasteiger charge is 2.16. The van der Waals surface area contributed by atoms with Crippen molar-refractivity contribution in [2.24, 2.45) is 0 Å². The molecule has 3 rings (SSSR count). The Morgan fingerprint density at radius 1 is 1.22 bits per heavy atom. The summed E-state index contributed by atoms with van der Waals surface area (Å²) in [6, 6.07) is 11.3. The average Bonchev–Trinajstić information content (AvgIpc) is 3.03. The van der Waals surface area contributed by atoms with E-state index in [-0.39, 0.29) is 5.91 Å². The molecule has 1 amide bonds. The van der Waals surface area contributed by atoms with Crippen LogP contribution >= 0.6 is 11.3 Å². The van der Waals surface area contributed by atoms with E-state index in [1.807, 2.05) is 55.6 Å². The van der Waals surface area contributed by atoms with E-state index in [4.69, 9.17) is 0 Å². The number of rotatable bonds is 4. The third kappa shape index (κ3) is 3.29. The third-order valence-corrected chi connectivity index (χ3v) is 4.33. The fourth-order valence-corrected chi connectivity index (χ4v) is 3.05. The first-order valence-electron chi connectivity index (χ1n) is 7.43. The van der Waals surface area contributed by atoms with Gasteiger partial charge < -0.3 is 4.90 Å². The van der Waals surface area contributed by atoms with Gasteiger partial charge >= 0.3 is 0 Å². The van der Waals surface area contributed by atoms with E-state index in [0.29, 0.717) is 12.1 Å².